The van der Waals surface area contributed by atoms with Crippen molar-refractivity contribution in [2.75, 3.05) is 6.61 Å². The summed E-state index contributed by atoms with van der Waals surface area (Å²) in [7, 11) is 0. The first-order valence-electron chi connectivity index (χ1n) is 31.5. The van der Waals surface area contributed by atoms with Crippen LogP contribution in [-0.4, -0.2) is 46.9 Å². The summed E-state index contributed by atoms with van der Waals surface area (Å²) in [6.45, 7) is 6.47. The number of nitrogens with one attached hydrogen (secondary N) is 1. The second-order valence-corrected chi connectivity index (χ2v) is 21.5. The number of hydrogen-bond acceptors (Lipinski definition) is 5. The van der Waals surface area contributed by atoms with Crippen LogP contribution in [0, 0.1) is 0 Å². The van der Waals surface area contributed by atoms with Crippen molar-refractivity contribution >= 4 is 11.9 Å². The molecule has 0 fully saturated rings. The van der Waals surface area contributed by atoms with Crippen LogP contribution in [0.1, 0.15) is 323 Å². The van der Waals surface area contributed by atoms with Gasteiger partial charge >= 0.3 is 5.97 Å². The highest BCUT2D eigenvalue weighted by Crippen LogP contribution is 2.19. The zero-order valence-electron chi connectivity index (χ0n) is 48.1. The summed E-state index contributed by atoms with van der Waals surface area (Å²) in [6.07, 6.45) is 75.7. The minimum Gasteiger partial charge on any atom is -0.462 e. The second-order valence-electron chi connectivity index (χ2n) is 21.5. The van der Waals surface area contributed by atoms with Gasteiger partial charge in [0.25, 0.3) is 0 Å². The summed E-state index contributed by atoms with van der Waals surface area (Å²) in [5, 5.41) is 24.0. The highest BCUT2D eigenvalue weighted by atomic mass is 16.5. The van der Waals surface area contributed by atoms with Crippen LogP contribution in [0.2, 0.25) is 0 Å². The molecule has 6 heteroatoms. The van der Waals surface area contributed by atoms with E-state index in [1.807, 2.05) is 0 Å². The Labute approximate surface area is 448 Å². The van der Waals surface area contributed by atoms with E-state index in [1.165, 1.54) is 186 Å². The first-order chi connectivity index (χ1) is 35.5. The van der Waals surface area contributed by atoms with Crippen molar-refractivity contribution in [1.82, 2.24) is 5.32 Å². The Morgan fingerprint density at radius 1 is 0.403 bits per heavy atom. The molecule has 0 aromatic rings. The Hall–Kier alpha value is -2.44. The van der Waals surface area contributed by atoms with Gasteiger partial charge < -0.3 is 20.3 Å². The van der Waals surface area contributed by atoms with Crippen molar-refractivity contribution in [1.29, 1.82) is 0 Å². The first-order valence-corrected chi connectivity index (χ1v) is 31.5. The molecular formula is C66H121NO5. The molecule has 0 spiro atoms. The molecule has 1 amide bonds. The quantitative estimate of drug-likeness (QED) is 0.0320. The van der Waals surface area contributed by atoms with E-state index in [0.717, 1.165) is 89.9 Å². The van der Waals surface area contributed by atoms with Crippen LogP contribution in [0.25, 0.3) is 0 Å². The van der Waals surface area contributed by atoms with Gasteiger partial charge in [0.1, 0.15) is 6.10 Å². The number of carbonyl (C=O) groups is 2. The van der Waals surface area contributed by atoms with Gasteiger partial charge in [-0.2, -0.15) is 0 Å². The summed E-state index contributed by atoms with van der Waals surface area (Å²) < 4.78 is 5.97. The monoisotopic (exact) mass is 1010 g/mol. The van der Waals surface area contributed by atoms with Gasteiger partial charge in [0.15, 0.2) is 0 Å². The van der Waals surface area contributed by atoms with Crippen LogP contribution >= 0.6 is 0 Å². The highest BCUT2D eigenvalue weighted by Gasteiger charge is 2.24. The highest BCUT2D eigenvalue weighted by molar-refractivity contribution is 5.77. The number of carbonyl (C=O) groups excluding carboxylic acids is 2. The molecule has 0 aromatic heterocycles. The van der Waals surface area contributed by atoms with Gasteiger partial charge in [0.05, 0.1) is 25.2 Å². The zero-order valence-corrected chi connectivity index (χ0v) is 48.1. The lowest BCUT2D eigenvalue weighted by Gasteiger charge is -2.24. The summed E-state index contributed by atoms with van der Waals surface area (Å²) in [4.78, 5) is 26.4. The standard InChI is InChI=1S/C66H121NO5/c1-4-7-10-13-16-19-22-25-28-31-32-35-38-41-44-47-50-53-56-59-66(71)72-62(57-54-51-48-45-42-39-36-33-29-26-23-20-17-14-11-8-5-2)60-65(70)67-63(61-68)64(69)58-55-52-49-46-43-40-37-34-30-27-24-21-18-15-12-9-6-3/h16-17,19-20,25-26,28-29,36,39,62-64,68-69H,4-15,18,21-24,27,30-35,37-38,40-61H2,1-3H3,(H,67,70)/b19-16-,20-17-,28-25-,29-26-,39-36-. The van der Waals surface area contributed by atoms with Gasteiger partial charge in [0, 0.05) is 6.42 Å². The SMILES string of the molecule is CCCCC/C=C\C/C=C\C/C=C\CCCCCCC(CC(=O)NC(CO)C(O)CCCCCCCCCCCCCCCCCCC)OC(=O)CCCCCCCCCCC/C=C\C/C=C\CCCCC. The molecule has 420 valence electrons. The Morgan fingerprint density at radius 2 is 0.708 bits per heavy atom. The molecule has 0 saturated carbocycles. The van der Waals surface area contributed by atoms with E-state index in [0.29, 0.717) is 19.3 Å². The molecule has 3 unspecified atom stereocenters. The van der Waals surface area contributed by atoms with Gasteiger partial charge in [-0.15, -0.1) is 0 Å². The predicted octanol–water partition coefficient (Wildman–Crippen LogP) is 19.9. The molecule has 6 nitrogen and oxygen atoms in total. The van der Waals surface area contributed by atoms with Crippen molar-refractivity contribution in [2.24, 2.45) is 0 Å². The van der Waals surface area contributed by atoms with E-state index in [-0.39, 0.29) is 24.9 Å². The lowest BCUT2D eigenvalue weighted by molar-refractivity contribution is -0.151. The molecule has 0 heterocycles. The Bertz CT molecular complexity index is 1270. The van der Waals surface area contributed by atoms with Gasteiger partial charge in [-0.3, -0.25) is 9.59 Å². The largest absolute Gasteiger partial charge is 0.462 e. The van der Waals surface area contributed by atoms with Crippen LogP contribution in [0.5, 0.6) is 0 Å². The molecular weight excluding hydrogens is 887 g/mol. The number of esters is 1. The smallest absolute Gasteiger partial charge is 0.306 e. The Morgan fingerprint density at radius 3 is 1.10 bits per heavy atom. The maximum atomic E-state index is 13.3. The fraction of sp³-hybridized carbons (Fsp3) is 0.818. The van der Waals surface area contributed by atoms with Crippen molar-refractivity contribution in [2.45, 2.75) is 341 Å². The molecule has 0 aliphatic rings. The van der Waals surface area contributed by atoms with Crippen LogP contribution in [0.4, 0.5) is 0 Å². The number of aliphatic hydroxyl groups excluding tert-OH is 2. The molecule has 0 aromatic carbocycles. The average Bonchev–Trinajstić information content (AvgIpc) is 3.37. The van der Waals surface area contributed by atoms with E-state index in [1.54, 1.807) is 0 Å². The molecule has 0 aliphatic carbocycles. The van der Waals surface area contributed by atoms with Crippen molar-refractivity contribution in [3.8, 4) is 0 Å². The lowest BCUT2D eigenvalue weighted by Crippen LogP contribution is -2.46. The van der Waals surface area contributed by atoms with E-state index >= 15 is 0 Å². The number of rotatable bonds is 57. The zero-order chi connectivity index (χ0) is 52.3. The van der Waals surface area contributed by atoms with Crippen molar-refractivity contribution in [3.63, 3.8) is 0 Å². The number of unbranched alkanes of at least 4 members (excludes halogenated alkanes) is 35. The molecule has 0 rings (SSSR count). The van der Waals surface area contributed by atoms with Crippen LogP contribution in [-0.2, 0) is 14.3 Å². The van der Waals surface area contributed by atoms with Gasteiger partial charge in [-0.05, 0) is 96.3 Å². The summed E-state index contributed by atoms with van der Waals surface area (Å²) in [5.41, 5.74) is 0. The summed E-state index contributed by atoms with van der Waals surface area (Å²) in [5.74, 6) is -0.488. The molecule has 3 N–H and O–H groups in total. The molecule has 72 heavy (non-hydrogen) atoms. The number of aliphatic hydroxyl groups is 2. The lowest BCUT2D eigenvalue weighted by atomic mass is 10.0. The van der Waals surface area contributed by atoms with Gasteiger partial charge in [-0.1, -0.05) is 274 Å². The number of hydrogen-bond donors (Lipinski definition) is 3. The minimum atomic E-state index is -0.798. The fourth-order valence-corrected chi connectivity index (χ4v) is 9.53. The van der Waals surface area contributed by atoms with E-state index < -0.39 is 18.2 Å². The van der Waals surface area contributed by atoms with E-state index in [2.05, 4.69) is 86.8 Å². The van der Waals surface area contributed by atoms with Gasteiger partial charge in [0.2, 0.25) is 5.91 Å². The van der Waals surface area contributed by atoms with Crippen LogP contribution in [0.15, 0.2) is 60.8 Å². The van der Waals surface area contributed by atoms with E-state index in [4.69, 9.17) is 4.74 Å². The normalized spacial score (nSPS) is 13.5. The average molecular weight is 1010 g/mol. The number of allylic oxidation sites excluding steroid dienone is 10. The molecule has 0 radical (unpaired) electrons. The second kappa shape index (κ2) is 59.4. The molecule has 3 atom stereocenters. The van der Waals surface area contributed by atoms with Crippen LogP contribution < -0.4 is 5.32 Å². The van der Waals surface area contributed by atoms with Crippen LogP contribution in [0.3, 0.4) is 0 Å². The third-order valence-corrected chi connectivity index (χ3v) is 14.3. The van der Waals surface area contributed by atoms with E-state index in [9.17, 15) is 19.8 Å². The third kappa shape index (κ3) is 53.8. The number of amides is 1. The third-order valence-electron chi connectivity index (χ3n) is 14.3. The van der Waals surface area contributed by atoms with Gasteiger partial charge in [-0.25, -0.2) is 0 Å². The summed E-state index contributed by atoms with van der Waals surface area (Å²) in [6, 6.07) is -0.713. The topological polar surface area (TPSA) is 95.9 Å². The molecule has 0 saturated heterocycles. The fourth-order valence-electron chi connectivity index (χ4n) is 9.53. The maximum absolute atomic E-state index is 13.3. The van der Waals surface area contributed by atoms with Crippen molar-refractivity contribution in [3.05, 3.63) is 60.8 Å². The summed E-state index contributed by atoms with van der Waals surface area (Å²) >= 11 is 0. The molecule has 0 aliphatic heterocycles. The Kier molecular flexibility index (Phi) is 57.4. The first kappa shape index (κ1) is 69.6. The predicted molar refractivity (Wildman–Crippen MR) is 315 cm³/mol. The minimum absolute atomic E-state index is 0.0613. The molecule has 0 bridgehead atoms. The maximum Gasteiger partial charge on any atom is 0.306 e. The Balaban J connectivity index is 4.57. The number of ether oxygens (including phenoxy) is 1. The van der Waals surface area contributed by atoms with Crippen molar-refractivity contribution < 1.29 is 24.5 Å².